The molecule has 3 rings (SSSR count). The van der Waals surface area contributed by atoms with Gasteiger partial charge in [0.05, 0.1) is 11.3 Å². The highest BCUT2D eigenvalue weighted by Gasteiger charge is 2.25. The summed E-state index contributed by atoms with van der Waals surface area (Å²) in [4.78, 5) is 23.9. The van der Waals surface area contributed by atoms with E-state index in [-0.39, 0.29) is 10.9 Å². The molecule has 0 bridgehead atoms. The third kappa shape index (κ3) is 2.53. The predicted octanol–water partition coefficient (Wildman–Crippen LogP) is 3.31. The summed E-state index contributed by atoms with van der Waals surface area (Å²) in [5.74, 6) is 0. The number of hydrogen-bond donors (Lipinski definition) is 1. The molecule has 0 aromatic heterocycles. The number of nitrogens with one attached hydrogen (secondary N) is 1. The van der Waals surface area contributed by atoms with Crippen molar-refractivity contribution in [1.29, 1.82) is 0 Å². The molecule has 3 nitrogen and oxygen atoms in total. The molecule has 0 heterocycles. The molecule has 3 heteroatoms. The van der Waals surface area contributed by atoms with Crippen molar-refractivity contribution in [3.05, 3.63) is 49.8 Å². The Morgan fingerprint density at radius 3 is 2.33 bits per heavy atom. The quantitative estimate of drug-likeness (QED) is 0.879. The smallest absolute Gasteiger partial charge is 0.250 e. The highest BCUT2D eigenvalue weighted by atomic mass is 16.2. The molecule has 1 N–H and O–H groups in total. The summed E-state index contributed by atoms with van der Waals surface area (Å²) in [7, 11) is 0. The van der Waals surface area contributed by atoms with Crippen molar-refractivity contribution < 1.29 is 0 Å². The van der Waals surface area contributed by atoms with Crippen LogP contribution in [-0.2, 0) is 0 Å². The molecule has 1 saturated carbocycles. The minimum Gasteiger partial charge on any atom is -0.378 e. The van der Waals surface area contributed by atoms with Crippen LogP contribution < -0.4 is 16.2 Å². The highest BCUT2D eigenvalue weighted by Crippen LogP contribution is 2.28. The minimum absolute atomic E-state index is 0.340. The van der Waals surface area contributed by atoms with Crippen molar-refractivity contribution >= 4 is 5.69 Å². The van der Waals surface area contributed by atoms with Crippen molar-refractivity contribution in [3.63, 3.8) is 0 Å². The summed E-state index contributed by atoms with van der Waals surface area (Å²) < 4.78 is 0. The van der Waals surface area contributed by atoms with E-state index >= 15 is 0 Å². The van der Waals surface area contributed by atoms with Gasteiger partial charge in [-0.1, -0.05) is 37.5 Å². The lowest BCUT2D eigenvalue weighted by Crippen LogP contribution is -2.39. The van der Waals surface area contributed by atoms with Crippen molar-refractivity contribution in [2.45, 2.75) is 52.0 Å². The van der Waals surface area contributed by atoms with Gasteiger partial charge in [-0.25, -0.2) is 0 Å². The number of aryl methyl sites for hydroxylation is 2. The summed E-state index contributed by atoms with van der Waals surface area (Å²) >= 11 is 0. The van der Waals surface area contributed by atoms with Crippen LogP contribution in [0.25, 0.3) is 11.1 Å². The van der Waals surface area contributed by atoms with Gasteiger partial charge in [-0.15, -0.1) is 0 Å². The molecule has 0 radical (unpaired) electrons. The number of hydrogen-bond acceptors (Lipinski definition) is 3. The largest absolute Gasteiger partial charge is 0.378 e. The van der Waals surface area contributed by atoms with E-state index in [4.69, 9.17) is 0 Å². The van der Waals surface area contributed by atoms with Gasteiger partial charge in [0, 0.05) is 6.04 Å². The number of rotatable bonds is 3. The summed E-state index contributed by atoms with van der Waals surface area (Å²) in [5.41, 5.74) is 3.61. The summed E-state index contributed by atoms with van der Waals surface area (Å²) in [6.45, 7) is 4.07. The van der Waals surface area contributed by atoms with Crippen LogP contribution >= 0.6 is 0 Å². The number of anilines is 1. The van der Waals surface area contributed by atoms with Gasteiger partial charge in [0.1, 0.15) is 0 Å². The molecule has 0 unspecified atom stereocenters. The van der Waals surface area contributed by atoms with Crippen molar-refractivity contribution in [3.8, 4) is 11.1 Å². The van der Waals surface area contributed by atoms with Crippen LogP contribution in [0.15, 0.2) is 27.8 Å². The summed E-state index contributed by atoms with van der Waals surface area (Å²) in [5, 5.41) is 3.33. The van der Waals surface area contributed by atoms with E-state index in [2.05, 4.69) is 5.32 Å². The van der Waals surface area contributed by atoms with E-state index in [1.807, 2.05) is 32.0 Å². The zero-order valence-corrected chi connectivity index (χ0v) is 12.7. The Morgan fingerprint density at radius 1 is 0.952 bits per heavy atom. The second-order valence-electron chi connectivity index (χ2n) is 6.19. The first-order valence-electron chi connectivity index (χ1n) is 7.75. The molecule has 0 atom stereocenters. The fourth-order valence-corrected chi connectivity index (χ4v) is 3.15. The maximum Gasteiger partial charge on any atom is 0.250 e. The molecule has 2 aromatic carbocycles. The van der Waals surface area contributed by atoms with E-state index in [0.717, 1.165) is 24.0 Å². The average molecular weight is 283 g/mol. The topological polar surface area (TPSA) is 46.2 Å². The van der Waals surface area contributed by atoms with Crippen LogP contribution in [0.5, 0.6) is 0 Å². The lowest BCUT2D eigenvalue weighted by molar-refractivity contribution is 0.462. The molecule has 0 saturated heterocycles. The van der Waals surface area contributed by atoms with Gasteiger partial charge in [0.2, 0.25) is 10.9 Å². The Bertz CT molecular complexity index is 732. The lowest BCUT2D eigenvalue weighted by Gasteiger charge is -2.25. The van der Waals surface area contributed by atoms with Crippen LogP contribution in [0, 0.1) is 13.8 Å². The van der Waals surface area contributed by atoms with Crippen LogP contribution in [0.1, 0.15) is 43.2 Å². The Kier molecular flexibility index (Phi) is 3.66. The first-order chi connectivity index (χ1) is 10.1. The lowest BCUT2D eigenvalue weighted by atomic mass is 9.92. The monoisotopic (exact) mass is 283 g/mol. The standard InChI is InChI=1S/C18H21NO2/c1-11-8-9-13(10-12(11)2)15-16(18(21)17(15)20)19-14-6-4-3-5-7-14/h8-10,14,19H,3-7H2,1-2H3. The second kappa shape index (κ2) is 5.47. The SMILES string of the molecule is Cc1ccc(-c2c(NC3CCCCC3)c(=O)c2=O)cc1C. The summed E-state index contributed by atoms with van der Waals surface area (Å²) in [6, 6.07) is 6.28. The Hall–Kier alpha value is -1.90. The predicted molar refractivity (Wildman–Crippen MR) is 86.8 cm³/mol. The molecular formula is C18H21NO2. The maximum absolute atomic E-state index is 12.0. The first kappa shape index (κ1) is 14.1. The van der Waals surface area contributed by atoms with Gasteiger partial charge in [-0.05, 0) is 43.4 Å². The van der Waals surface area contributed by atoms with Gasteiger partial charge in [0.15, 0.2) is 0 Å². The normalized spacial score (nSPS) is 16.3. The minimum atomic E-state index is -0.353. The average Bonchev–Trinajstić information content (AvgIpc) is 2.51. The van der Waals surface area contributed by atoms with Crippen molar-refractivity contribution in [2.24, 2.45) is 0 Å². The third-order valence-electron chi connectivity index (χ3n) is 4.66. The van der Waals surface area contributed by atoms with Crippen LogP contribution in [0.4, 0.5) is 5.69 Å². The van der Waals surface area contributed by atoms with Crippen LogP contribution in [0.3, 0.4) is 0 Å². The van der Waals surface area contributed by atoms with E-state index in [9.17, 15) is 9.59 Å². The Labute approximate surface area is 124 Å². The molecule has 1 aliphatic rings. The van der Waals surface area contributed by atoms with Crippen molar-refractivity contribution in [2.75, 3.05) is 5.32 Å². The van der Waals surface area contributed by atoms with Crippen molar-refractivity contribution in [1.82, 2.24) is 0 Å². The zero-order valence-electron chi connectivity index (χ0n) is 12.7. The maximum atomic E-state index is 12.0. The Morgan fingerprint density at radius 2 is 1.67 bits per heavy atom. The molecule has 21 heavy (non-hydrogen) atoms. The fraction of sp³-hybridized carbons (Fsp3) is 0.444. The molecule has 0 spiro atoms. The van der Waals surface area contributed by atoms with E-state index in [0.29, 0.717) is 17.3 Å². The molecule has 1 fully saturated rings. The third-order valence-corrected chi connectivity index (χ3v) is 4.66. The van der Waals surface area contributed by atoms with Gasteiger partial charge in [0.25, 0.3) is 0 Å². The molecule has 0 amide bonds. The van der Waals surface area contributed by atoms with Gasteiger partial charge in [-0.2, -0.15) is 0 Å². The highest BCUT2D eigenvalue weighted by molar-refractivity contribution is 5.82. The van der Waals surface area contributed by atoms with Gasteiger partial charge in [-0.3, -0.25) is 9.59 Å². The van der Waals surface area contributed by atoms with E-state index in [1.165, 1.54) is 24.8 Å². The molecular weight excluding hydrogens is 262 g/mol. The van der Waals surface area contributed by atoms with E-state index in [1.54, 1.807) is 0 Å². The van der Waals surface area contributed by atoms with Crippen LogP contribution in [-0.4, -0.2) is 6.04 Å². The molecule has 0 aliphatic heterocycles. The summed E-state index contributed by atoms with van der Waals surface area (Å²) in [6.07, 6.45) is 5.85. The fourth-order valence-electron chi connectivity index (χ4n) is 3.15. The number of benzene rings is 1. The second-order valence-corrected chi connectivity index (χ2v) is 6.19. The zero-order chi connectivity index (χ0) is 15.0. The van der Waals surface area contributed by atoms with E-state index < -0.39 is 0 Å². The van der Waals surface area contributed by atoms with Gasteiger partial charge < -0.3 is 5.32 Å². The Balaban J connectivity index is 1.92. The first-order valence-corrected chi connectivity index (χ1v) is 7.75. The molecule has 1 aliphatic carbocycles. The molecule has 110 valence electrons. The molecule has 2 aromatic rings. The van der Waals surface area contributed by atoms with Gasteiger partial charge >= 0.3 is 0 Å². The van der Waals surface area contributed by atoms with Crippen LogP contribution in [0.2, 0.25) is 0 Å².